The molecule has 4 aromatic rings. The molecule has 0 N–H and O–H groups in total. The summed E-state index contributed by atoms with van der Waals surface area (Å²) in [5, 5.41) is 13.2. The second kappa shape index (κ2) is 10.9. The van der Waals surface area contributed by atoms with E-state index in [0.717, 1.165) is 25.7 Å². The van der Waals surface area contributed by atoms with Gasteiger partial charge in [0.1, 0.15) is 15.0 Å². The third-order valence-electron chi connectivity index (χ3n) is 3.94. The summed E-state index contributed by atoms with van der Waals surface area (Å²) in [6.45, 7) is 6.00. The monoisotopic (exact) mass is 461 g/mol. The molecule has 0 aliphatic heterocycles. The van der Waals surface area contributed by atoms with Crippen LogP contribution in [0.1, 0.15) is 32.0 Å². The molecular weight excluding hydrogens is 439 g/mol. The molecule has 0 atom stereocenters. The van der Waals surface area contributed by atoms with E-state index in [0.29, 0.717) is 0 Å². The second-order valence-electron chi connectivity index (χ2n) is 6.25. The van der Waals surface area contributed by atoms with Gasteiger partial charge in [0.2, 0.25) is 0 Å². The molecular formula is C20H23N5S4. The Morgan fingerprint density at radius 2 is 1.66 bits per heavy atom. The highest BCUT2D eigenvalue weighted by Crippen LogP contribution is 2.26. The summed E-state index contributed by atoms with van der Waals surface area (Å²) >= 11 is 6.51. The van der Waals surface area contributed by atoms with Crippen LogP contribution in [0.2, 0.25) is 0 Å². The molecule has 1 aliphatic rings. The van der Waals surface area contributed by atoms with E-state index in [-0.39, 0.29) is 0 Å². The van der Waals surface area contributed by atoms with Crippen molar-refractivity contribution in [2.45, 2.75) is 45.2 Å². The molecule has 0 bridgehead atoms. The molecule has 1 aliphatic carbocycles. The Labute approximate surface area is 187 Å². The van der Waals surface area contributed by atoms with E-state index in [1.54, 1.807) is 23.1 Å². The Morgan fingerprint density at radius 1 is 0.862 bits per heavy atom. The maximum absolute atomic E-state index is 4.41. The predicted molar refractivity (Wildman–Crippen MR) is 125 cm³/mol. The molecule has 1 aromatic carbocycles. The lowest BCUT2D eigenvalue weighted by molar-refractivity contribution is 0.896. The highest BCUT2D eigenvalue weighted by Gasteiger charge is 2.14. The summed E-state index contributed by atoms with van der Waals surface area (Å²) in [6, 6.07) is 10.1. The molecule has 9 heteroatoms. The molecule has 3 heterocycles. The largest absolute Gasteiger partial charge is 0.246 e. The Hall–Kier alpha value is -1.68. The van der Waals surface area contributed by atoms with Crippen LogP contribution in [0.5, 0.6) is 0 Å². The number of rotatable bonds is 2. The first-order valence-corrected chi connectivity index (χ1v) is 12.8. The molecule has 0 saturated carbocycles. The first-order valence-electron chi connectivity index (χ1n) is 9.20. The van der Waals surface area contributed by atoms with E-state index in [1.165, 1.54) is 46.4 Å². The van der Waals surface area contributed by atoms with Crippen LogP contribution in [0.15, 0.2) is 35.5 Å². The minimum absolute atomic E-state index is 0.882. The molecule has 0 unspecified atom stereocenters. The first kappa shape index (κ1) is 22.0. The van der Waals surface area contributed by atoms with E-state index in [2.05, 4.69) is 31.5 Å². The lowest BCUT2D eigenvalue weighted by atomic mass is 10.2. The van der Waals surface area contributed by atoms with Crippen LogP contribution in [-0.2, 0) is 12.8 Å². The average Bonchev–Trinajstić information content (AvgIpc) is 3.49. The number of hydrogen-bond donors (Lipinski definition) is 0. The van der Waals surface area contributed by atoms with Crippen molar-refractivity contribution in [1.82, 2.24) is 24.5 Å². The SMILES string of the molecule is CSc1nsc(C)n1.Cc1nc2c(s1)CCC2.Cc1nnc(-c2ccccc2)s1. The van der Waals surface area contributed by atoms with E-state index in [4.69, 9.17) is 0 Å². The van der Waals surface area contributed by atoms with Crippen molar-refractivity contribution in [2.75, 3.05) is 6.26 Å². The minimum Gasteiger partial charge on any atom is -0.246 e. The van der Waals surface area contributed by atoms with Crippen LogP contribution < -0.4 is 0 Å². The fourth-order valence-corrected chi connectivity index (χ4v) is 5.47. The van der Waals surface area contributed by atoms with Crippen molar-refractivity contribution in [3.8, 4) is 10.6 Å². The van der Waals surface area contributed by atoms with Crippen LogP contribution in [-0.4, -0.2) is 30.8 Å². The topological polar surface area (TPSA) is 64.5 Å². The number of hydrogen-bond acceptors (Lipinski definition) is 9. The lowest BCUT2D eigenvalue weighted by Crippen LogP contribution is -1.76. The Bertz CT molecular complexity index is 1000. The lowest BCUT2D eigenvalue weighted by Gasteiger charge is -1.90. The van der Waals surface area contributed by atoms with E-state index < -0.39 is 0 Å². The van der Waals surface area contributed by atoms with E-state index in [1.807, 2.05) is 61.8 Å². The summed E-state index contributed by atoms with van der Waals surface area (Å²) in [5.74, 6) is 0. The second-order valence-corrected chi connectivity index (χ2v) is 10.4. The zero-order valence-electron chi connectivity index (χ0n) is 16.9. The molecule has 152 valence electrons. The molecule has 29 heavy (non-hydrogen) atoms. The summed E-state index contributed by atoms with van der Waals surface area (Å²) in [7, 11) is 0. The Kier molecular flexibility index (Phi) is 8.29. The number of aromatic nitrogens is 5. The van der Waals surface area contributed by atoms with Crippen molar-refractivity contribution in [2.24, 2.45) is 0 Å². The van der Waals surface area contributed by atoms with Gasteiger partial charge < -0.3 is 0 Å². The number of nitrogens with zero attached hydrogens (tertiary/aromatic N) is 5. The summed E-state index contributed by atoms with van der Waals surface area (Å²) in [6.07, 6.45) is 5.80. The predicted octanol–water partition coefficient (Wildman–Crippen LogP) is 6.02. The van der Waals surface area contributed by atoms with Crippen LogP contribution >= 0.6 is 46.0 Å². The molecule has 5 rings (SSSR count). The number of aryl methyl sites for hydroxylation is 5. The highest BCUT2D eigenvalue weighted by molar-refractivity contribution is 7.98. The number of fused-ring (bicyclic) bond motifs is 1. The fourth-order valence-electron chi connectivity index (χ4n) is 2.68. The molecule has 0 saturated heterocycles. The smallest absolute Gasteiger partial charge is 0.200 e. The van der Waals surface area contributed by atoms with E-state index >= 15 is 0 Å². The van der Waals surface area contributed by atoms with Crippen LogP contribution in [0, 0.1) is 20.8 Å². The number of benzene rings is 1. The van der Waals surface area contributed by atoms with Gasteiger partial charge in [0.25, 0.3) is 0 Å². The average molecular weight is 462 g/mol. The Balaban J connectivity index is 0.000000128. The molecule has 0 spiro atoms. The van der Waals surface area contributed by atoms with E-state index in [9.17, 15) is 0 Å². The zero-order chi connectivity index (χ0) is 20.6. The maximum atomic E-state index is 4.41. The summed E-state index contributed by atoms with van der Waals surface area (Å²) in [5.41, 5.74) is 2.51. The van der Waals surface area contributed by atoms with Gasteiger partial charge in [0.05, 0.1) is 10.7 Å². The standard InChI is InChI=1S/C9H8N2S.C7H9NS.C4H6N2S2/c1-7-10-11-9(12-7)8-5-3-2-4-6-8;1-5-8-6-3-2-4-7(6)9-5;1-3-5-4(7-2)6-8-3/h2-6H,1H3;2-4H2,1H3;1-2H3. The van der Waals surface area contributed by atoms with Gasteiger partial charge in [-0.3, -0.25) is 0 Å². The van der Waals surface area contributed by atoms with Crippen LogP contribution in [0.25, 0.3) is 10.6 Å². The minimum atomic E-state index is 0.882. The third-order valence-corrected chi connectivity index (χ3v) is 7.18. The van der Waals surface area contributed by atoms with Gasteiger partial charge in [-0.15, -0.1) is 21.5 Å². The van der Waals surface area contributed by atoms with Crippen molar-refractivity contribution in [3.05, 3.63) is 55.9 Å². The summed E-state index contributed by atoms with van der Waals surface area (Å²) < 4.78 is 4.03. The highest BCUT2D eigenvalue weighted by atomic mass is 32.2. The summed E-state index contributed by atoms with van der Waals surface area (Å²) in [4.78, 5) is 10.0. The molecule has 0 amide bonds. The van der Waals surface area contributed by atoms with Gasteiger partial charge in [-0.25, -0.2) is 9.97 Å². The van der Waals surface area contributed by atoms with Gasteiger partial charge in [0, 0.05) is 10.4 Å². The first-order chi connectivity index (χ1) is 14.0. The third kappa shape index (κ3) is 6.67. The molecule has 3 aromatic heterocycles. The molecule has 0 radical (unpaired) electrons. The molecule has 5 nitrogen and oxygen atoms in total. The van der Waals surface area contributed by atoms with Gasteiger partial charge in [0.15, 0.2) is 5.16 Å². The molecule has 0 fully saturated rings. The van der Waals surface area contributed by atoms with Gasteiger partial charge in [-0.05, 0) is 57.8 Å². The van der Waals surface area contributed by atoms with Crippen molar-refractivity contribution in [3.63, 3.8) is 0 Å². The fraction of sp³-hybridized carbons (Fsp3) is 0.350. The quantitative estimate of drug-likeness (QED) is 0.340. The zero-order valence-corrected chi connectivity index (χ0v) is 20.1. The van der Waals surface area contributed by atoms with Crippen LogP contribution in [0.4, 0.5) is 0 Å². The van der Waals surface area contributed by atoms with Gasteiger partial charge >= 0.3 is 0 Å². The van der Waals surface area contributed by atoms with Crippen molar-refractivity contribution in [1.29, 1.82) is 0 Å². The van der Waals surface area contributed by atoms with Gasteiger partial charge in [-0.2, -0.15) is 4.37 Å². The normalized spacial score (nSPS) is 11.9. The number of thiazole rings is 1. The van der Waals surface area contributed by atoms with Crippen molar-refractivity contribution >= 4 is 46.0 Å². The van der Waals surface area contributed by atoms with Crippen LogP contribution in [0.3, 0.4) is 0 Å². The van der Waals surface area contributed by atoms with Gasteiger partial charge in [-0.1, -0.05) is 53.4 Å². The maximum Gasteiger partial charge on any atom is 0.200 e. The number of thioether (sulfide) groups is 1. The Morgan fingerprint density at radius 3 is 2.21 bits per heavy atom. The van der Waals surface area contributed by atoms with Crippen molar-refractivity contribution < 1.29 is 0 Å².